The van der Waals surface area contributed by atoms with Crippen molar-refractivity contribution < 1.29 is 9.90 Å². The maximum Gasteiger partial charge on any atom is 0.317 e. The summed E-state index contributed by atoms with van der Waals surface area (Å²) in [5, 5.41) is 8.79. The van der Waals surface area contributed by atoms with Crippen molar-refractivity contribution in [2.24, 2.45) is 0 Å². The number of carboxylic acids is 1. The van der Waals surface area contributed by atoms with E-state index in [4.69, 9.17) is 5.11 Å². The molecule has 0 saturated carbocycles. The van der Waals surface area contributed by atoms with E-state index in [9.17, 15) is 4.79 Å². The van der Waals surface area contributed by atoms with Crippen molar-refractivity contribution in [3.05, 3.63) is 39.6 Å². The Labute approximate surface area is 117 Å². The lowest BCUT2D eigenvalue weighted by molar-refractivity contribution is -0.138. The van der Waals surface area contributed by atoms with Crippen molar-refractivity contribution in [2.75, 3.05) is 13.1 Å². The highest BCUT2D eigenvalue weighted by Crippen LogP contribution is 2.20. The molecule has 17 heavy (non-hydrogen) atoms. The molecule has 0 amide bonds. The van der Waals surface area contributed by atoms with Crippen LogP contribution < -0.4 is 0 Å². The molecule has 0 aliphatic carbocycles. The fourth-order valence-corrected chi connectivity index (χ4v) is 2.44. The third kappa shape index (κ3) is 4.97. The molecule has 0 aliphatic heterocycles. The lowest BCUT2D eigenvalue weighted by Gasteiger charge is -2.18. The Hall–Kier alpha value is -0.720. The number of carbonyl (C=O) groups is 1. The molecule has 0 aromatic carbocycles. The second-order valence-electron chi connectivity index (χ2n) is 3.43. The second kappa shape index (κ2) is 6.88. The maximum absolute atomic E-state index is 10.7. The van der Waals surface area contributed by atoms with E-state index in [1.807, 2.05) is 6.07 Å². The van der Waals surface area contributed by atoms with Gasteiger partial charge in [0.05, 0.1) is 12.2 Å². The van der Waals surface area contributed by atoms with E-state index in [2.05, 4.69) is 43.4 Å². The molecular formula is C11H12Br2N2O2. The molecule has 1 rings (SSSR count). The van der Waals surface area contributed by atoms with Crippen molar-refractivity contribution >= 4 is 37.8 Å². The molecule has 92 valence electrons. The number of aromatic nitrogens is 1. The van der Waals surface area contributed by atoms with E-state index in [0.717, 1.165) is 14.6 Å². The minimum absolute atomic E-state index is 0.0315. The number of carboxylic acid groups (broad SMARTS) is 1. The van der Waals surface area contributed by atoms with Gasteiger partial charge in [0.2, 0.25) is 0 Å². The summed E-state index contributed by atoms with van der Waals surface area (Å²) in [5.74, 6) is -0.861. The van der Waals surface area contributed by atoms with Crippen LogP contribution >= 0.6 is 31.9 Å². The first-order valence-electron chi connectivity index (χ1n) is 4.88. The van der Waals surface area contributed by atoms with Gasteiger partial charge in [-0.3, -0.25) is 14.7 Å². The van der Waals surface area contributed by atoms with Gasteiger partial charge in [-0.2, -0.15) is 0 Å². The van der Waals surface area contributed by atoms with Gasteiger partial charge >= 0.3 is 5.97 Å². The van der Waals surface area contributed by atoms with E-state index in [0.29, 0.717) is 13.1 Å². The van der Waals surface area contributed by atoms with Gasteiger partial charge in [-0.1, -0.05) is 6.08 Å². The first-order chi connectivity index (χ1) is 8.02. The highest BCUT2D eigenvalue weighted by Gasteiger charge is 2.11. The van der Waals surface area contributed by atoms with Crippen molar-refractivity contribution in [3.63, 3.8) is 0 Å². The van der Waals surface area contributed by atoms with Gasteiger partial charge in [0.15, 0.2) is 0 Å². The Morgan fingerprint density at radius 3 is 2.82 bits per heavy atom. The minimum Gasteiger partial charge on any atom is -0.480 e. The number of pyridine rings is 1. The average Bonchev–Trinajstić information content (AvgIpc) is 2.21. The van der Waals surface area contributed by atoms with Crippen LogP contribution in [0.4, 0.5) is 0 Å². The van der Waals surface area contributed by atoms with Crippen LogP contribution in [0.3, 0.4) is 0 Å². The summed E-state index contributed by atoms with van der Waals surface area (Å²) in [6.45, 7) is 4.56. The average molecular weight is 364 g/mol. The van der Waals surface area contributed by atoms with Gasteiger partial charge in [-0.25, -0.2) is 0 Å². The van der Waals surface area contributed by atoms with E-state index < -0.39 is 5.97 Å². The third-order valence-corrected chi connectivity index (χ3v) is 3.12. The van der Waals surface area contributed by atoms with E-state index in [1.165, 1.54) is 0 Å². The fraction of sp³-hybridized carbons (Fsp3) is 0.273. The molecule has 1 aromatic rings. The lowest BCUT2D eigenvalue weighted by atomic mass is 10.3. The van der Waals surface area contributed by atoms with Crippen LogP contribution in [0.15, 0.2) is 33.9 Å². The number of nitrogens with zero attached hydrogens (tertiary/aromatic N) is 2. The molecule has 0 unspecified atom stereocenters. The summed E-state index contributed by atoms with van der Waals surface area (Å²) in [7, 11) is 0. The van der Waals surface area contributed by atoms with Crippen LogP contribution in [-0.4, -0.2) is 34.0 Å². The molecular weight excluding hydrogens is 352 g/mol. The molecule has 0 atom stereocenters. The molecule has 0 fully saturated rings. The molecule has 1 N–H and O–H groups in total. The number of aliphatic carboxylic acids is 1. The topological polar surface area (TPSA) is 53.4 Å². The zero-order valence-electron chi connectivity index (χ0n) is 9.07. The smallest absolute Gasteiger partial charge is 0.317 e. The zero-order valence-corrected chi connectivity index (χ0v) is 12.2. The molecule has 0 spiro atoms. The van der Waals surface area contributed by atoms with Gasteiger partial charge < -0.3 is 5.11 Å². The molecule has 0 aliphatic rings. The van der Waals surface area contributed by atoms with E-state index in [1.54, 1.807) is 17.2 Å². The third-order valence-electron chi connectivity index (χ3n) is 2.00. The molecule has 0 radical (unpaired) electrons. The predicted octanol–water partition coefficient (Wildman–Crippen LogP) is 2.68. The molecule has 0 bridgehead atoms. The van der Waals surface area contributed by atoms with Crippen molar-refractivity contribution in [1.29, 1.82) is 0 Å². The highest BCUT2D eigenvalue weighted by atomic mass is 79.9. The summed E-state index contributed by atoms with van der Waals surface area (Å²) in [6.07, 6.45) is 3.36. The molecule has 1 heterocycles. The van der Waals surface area contributed by atoms with Gasteiger partial charge in [0, 0.05) is 28.2 Å². The Morgan fingerprint density at radius 1 is 1.59 bits per heavy atom. The van der Waals surface area contributed by atoms with Crippen LogP contribution in [0.5, 0.6) is 0 Å². The Morgan fingerprint density at radius 2 is 2.29 bits per heavy atom. The fourth-order valence-electron chi connectivity index (χ4n) is 1.33. The van der Waals surface area contributed by atoms with Crippen molar-refractivity contribution in [3.8, 4) is 0 Å². The monoisotopic (exact) mass is 362 g/mol. The number of hydrogen-bond donors (Lipinski definition) is 1. The summed E-state index contributed by atoms with van der Waals surface area (Å²) in [6, 6.07) is 1.88. The summed E-state index contributed by atoms with van der Waals surface area (Å²) in [4.78, 5) is 16.7. The van der Waals surface area contributed by atoms with Crippen LogP contribution in [0, 0.1) is 0 Å². The summed E-state index contributed by atoms with van der Waals surface area (Å²) >= 11 is 6.72. The SMILES string of the molecule is C=CCN(CC(=O)O)Cc1ncc(Br)cc1Br. The standard InChI is InChI=1S/C11H12Br2N2O2/c1-2-3-15(7-11(16)17)6-10-9(13)4-8(12)5-14-10/h2,4-5H,1,3,6-7H2,(H,16,17). The first kappa shape index (κ1) is 14.3. The maximum atomic E-state index is 10.7. The first-order valence-corrected chi connectivity index (χ1v) is 6.46. The minimum atomic E-state index is -0.861. The van der Waals surface area contributed by atoms with E-state index >= 15 is 0 Å². The Balaban J connectivity index is 2.77. The number of rotatable bonds is 6. The van der Waals surface area contributed by atoms with Gasteiger partial charge in [0.1, 0.15) is 0 Å². The molecule has 4 nitrogen and oxygen atoms in total. The predicted molar refractivity (Wildman–Crippen MR) is 72.7 cm³/mol. The molecule has 1 aromatic heterocycles. The largest absolute Gasteiger partial charge is 0.480 e. The number of halogens is 2. The van der Waals surface area contributed by atoms with Crippen LogP contribution in [-0.2, 0) is 11.3 Å². The molecule has 6 heteroatoms. The van der Waals surface area contributed by atoms with E-state index in [-0.39, 0.29) is 6.54 Å². The second-order valence-corrected chi connectivity index (χ2v) is 5.20. The summed E-state index contributed by atoms with van der Waals surface area (Å²) < 4.78 is 1.73. The highest BCUT2D eigenvalue weighted by molar-refractivity contribution is 9.11. The summed E-state index contributed by atoms with van der Waals surface area (Å²) in [5.41, 5.74) is 0.802. The Kier molecular flexibility index (Phi) is 5.80. The van der Waals surface area contributed by atoms with Crippen molar-refractivity contribution in [2.45, 2.75) is 6.54 Å². The van der Waals surface area contributed by atoms with Crippen LogP contribution in [0.25, 0.3) is 0 Å². The van der Waals surface area contributed by atoms with Gasteiger partial charge in [0.25, 0.3) is 0 Å². The Bertz CT molecular complexity index is 424. The van der Waals surface area contributed by atoms with Crippen LogP contribution in [0.1, 0.15) is 5.69 Å². The van der Waals surface area contributed by atoms with Crippen molar-refractivity contribution in [1.82, 2.24) is 9.88 Å². The lowest BCUT2D eigenvalue weighted by Crippen LogP contribution is -2.29. The zero-order chi connectivity index (χ0) is 12.8. The molecule has 0 saturated heterocycles. The van der Waals surface area contributed by atoms with Crippen LogP contribution in [0.2, 0.25) is 0 Å². The quantitative estimate of drug-likeness (QED) is 0.789. The van der Waals surface area contributed by atoms with Gasteiger partial charge in [-0.15, -0.1) is 6.58 Å². The number of hydrogen-bond acceptors (Lipinski definition) is 3. The normalized spacial score (nSPS) is 10.5. The van der Waals surface area contributed by atoms with Gasteiger partial charge in [-0.05, 0) is 37.9 Å².